The largest absolute Gasteiger partial charge is 0.503 e. The van der Waals surface area contributed by atoms with Crippen LogP contribution in [0.25, 0.3) is 0 Å². The zero-order chi connectivity index (χ0) is 13.7. The van der Waals surface area contributed by atoms with Gasteiger partial charge in [0.2, 0.25) is 0 Å². The van der Waals surface area contributed by atoms with Gasteiger partial charge in [-0.3, -0.25) is 0 Å². The number of aliphatic hydroxyl groups excluding tert-OH is 1. The second-order valence-corrected chi connectivity index (χ2v) is 5.11. The average molecular weight is 277 g/mol. The van der Waals surface area contributed by atoms with Crippen LogP contribution in [0.2, 0.25) is 0 Å². The van der Waals surface area contributed by atoms with E-state index in [1.165, 1.54) is 11.8 Å². The molecule has 18 heavy (non-hydrogen) atoms. The lowest BCUT2D eigenvalue weighted by molar-refractivity contribution is 0.275. The molecule has 1 aromatic carbocycles. The molecule has 1 rings (SSSR count). The molecular formula is C12H17F2NO2S. The van der Waals surface area contributed by atoms with Crippen LogP contribution in [-0.4, -0.2) is 34.4 Å². The van der Waals surface area contributed by atoms with Crippen molar-refractivity contribution in [1.29, 1.82) is 0 Å². The van der Waals surface area contributed by atoms with E-state index in [2.05, 4.69) is 5.32 Å². The summed E-state index contributed by atoms with van der Waals surface area (Å²) < 4.78 is 26.2. The van der Waals surface area contributed by atoms with Gasteiger partial charge in [-0.2, -0.15) is 11.8 Å². The number of aromatic hydroxyl groups is 1. The maximum atomic E-state index is 13.1. The molecule has 6 heteroatoms. The predicted molar refractivity (Wildman–Crippen MR) is 68.7 cm³/mol. The summed E-state index contributed by atoms with van der Waals surface area (Å²) in [5.74, 6) is -2.89. The van der Waals surface area contributed by atoms with Crippen molar-refractivity contribution in [2.24, 2.45) is 0 Å². The van der Waals surface area contributed by atoms with E-state index < -0.39 is 17.4 Å². The molecule has 0 saturated carbocycles. The fourth-order valence-electron chi connectivity index (χ4n) is 1.57. The molecule has 0 saturated heterocycles. The van der Waals surface area contributed by atoms with Crippen molar-refractivity contribution in [1.82, 2.24) is 5.32 Å². The van der Waals surface area contributed by atoms with E-state index in [-0.39, 0.29) is 24.4 Å². The maximum Gasteiger partial charge on any atom is 0.187 e. The van der Waals surface area contributed by atoms with E-state index >= 15 is 0 Å². The smallest absolute Gasteiger partial charge is 0.187 e. The van der Waals surface area contributed by atoms with Crippen molar-refractivity contribution in [2.45, 2.75) is 24.8 Å². The van der Waals surface area contributed by atoms with E-state index in [1.54, 1.807) is 0 Å². The van der Waals surface area contributed by atoms with Crippen LogP contribution in [-0.2, 0) is 6.54 Å². The third-order valence-electron chi connectivity index (χ3n) is 2.75. The number of phenolic OH excluding ortho intramolecular Hbond substituents is 1. The third kappa shape index (κ3) is 3.83. The molecule has 0 bridgehead atoms. The number of halogens is 2. The molecule has 0 fully saturated rings. The van der Waals surface area contributed by atoms with Gasteiger partial charge in [0.15, 0.2) is 17.4 Å². The first kappa shape index (κ1) is 15.2. The minimum atomic E-state index is -0.969. The Kier molecular flexibility index (Phi) is 5.84. The fraction of sp³-hybridized carbons (Fsp3) is 0.500. The van der Waals surface area contributed by atoms with Gasteiger partial charge in [-0.15, -0.1) is 0 Å². The fourth-order valence-corrected chi connectivity index (χ4v) is 2.22. The van der Waals surface area contributed by atoms with Crippen molar-refractivity contribution in [2.75, 3.05) is 12.9 Å². The Hall–Kier alpha value is -0.850. The van der Waals surface area contributed by atoms with E-state index in [4.69, 9.17) is 10.2 Å². The molecular weight excluding hydrogens is 260 g/mol. The molecule has 2 atom stereocenters. The van der Waals surface area contributed by atoms with Crippen LogP contribution in [0.1, 0.15) is 12.5 Å². The van der Waals surface area contributed by atoms with Crippen LogP contribution in [0.4, 0.5) is 8.78 Å². The standard InChI is InChI=1S/C12H17F2NO2S/c1-7(11(6-16)18-2)15-5-8-3-9(13)12(17)10(14)4-8/h3-4,7,11,15-17H,5-6H2,1-2H3. The van der Waals surface area contributed by atoms with Gasteiger partial charge in [-0.25, -0.2) is 8.78 Å². The monoisotopic (exact) mass is 277 g/mol. The number of rotatable bonds is 6. The summed E-state index contributed by atoms with van der Waals surface area (Å²) in [6.07, 6.45) is 1.89. The summed E-state index contributed by atoms with van der Waals surface area (Å²) in [4.78, 5) is 0. The van der Waals surface area contributed by atoms with Crippen molar-refractivity contribution in [3.05, 3.63) is 29.3 Å². The Bertz CT molecular complexity index is 377. The summed E-state index contributed by atoms with van der Waals surface area (Å²) in [5.41, 5.74) is 0.410. The Balaban J connectivity index is 2.64. The van der Waals surface area contributed by atoms with Crippen LogP contribution >= 0.6 is 11.8 Å². The highest BCUT2D eigenvalue weighted by molar-refractivity contribution is 7.99. The molecule has 0 amide bonds. The van der Waals surface area contributed by atoms with Gasteiger partial charge in [-0.1, -0.05) is 0 Å². The number of thioether (sulfide) groups is 1. The molecule has 102 valence electrons. The second kappa shape index (κ2) is 6.92. The van der Waals surface area contributed by atoms with Gasteiger partial charge < -0.3 is 15.5 Å². The highest BCUT2D eigenvalue weighted by Gasteiger charge is 2.15. The first-order chi connectivity index (χ1) is 8.49. The summed E-state index contributed by atoms with van der Waals surface area (Å²) in [7, 11) is 0. The van der Waals surface area contributed by atoms with Gasteiger partial charge in [0, 0.05) is 17.8 Å². The zero-order valence-electron chi connectivity index (χ0n) is 10.3. The Morgan fingerprint density at radius 2 is 1.89 bits per heavy atom. The molecule has 3 nitrogen and oxygen atoms in total. The Morgan fingerprint density at radius 1 is 1.33 bits per heavy atom. The van der Waals surface area contributed by atoms with Crippen LogP contribution in [0.15, 0.2) is 12.1 Å². The number of phenols is 1. The molecule has 0 aromatic heterocycles. The maximum absolute atomic E-state index is 13.1. The molecule has 0 aliphatic heterocycles. The Labute approximate surface area is 109 Å². The van der Waals surface area contributed by atoms with E-state index in [0.717, 1.165) is 12.1 Å². The lowest BCUT2D eigenvalue weighted by Gasteiger charge is -2.21. The van der Waals surface area contributed by atoms with E-state index in [1.807, 2.05) is 13.2 Å². The van der Waals surface area contributed by atoms with Crippen LogP contribution in [0.5, 0.6) is 5.75 Å². The highest BCUT2D eigenvalue weighted by Crippen LogP contribution is 2.21. The number of hydrogen-bond donors (Lipinski definition) is 3. The van der Waals surface area contributed by atoms with Gasteiger partial charge in [0.1, 0.15) is 0 Å². The van der Waals surface area contributed by atoms with E-state index in [0.29, 0.717) is 5.56 Å². The molecule has 0 aliphatic rings. The normalized spacial score (nSPS) is 14.5. The molecule has 0 heterocycles. The number of aliphatic hydroxyl groups is 1. The first-order valence-electron chi connectivity index (χ1n) is 5.53. The number of hydrogen-bond acceptors (Lipinski definition) is 4. The average Bonchev–Trinajstić information content (AvgIpc) is 2.34. The van der Waals surface area contributed by atoms with Crippen molar-refractivity contribution in [3.8, 4) is 5.75 Å². The highest BCUT2D eigenvalue weighted by atomic mass is 32.2. The SMILES string of the molecule is CSC(CO)C(C)NCc1cc(F)c(O)c(F)c1. The number of benzene rings is 1. The minimum absolute atomic E-state index is 0.00456. The summed E-state index contributed by atoms with van der Waals surface area (Å²) in [5, 5.41) is 21.2. The summed E-state index contributed by atoms with van der Waals surface area (Å²) in [6, 6.07) is 2.18. The molecule has 0 spiro atoms. The quantitative estimate of drug-likeness (QED) is 0.743. The van der Waals surface area contributed by atoms with Crippen LogP contribution in [0, 0.1) is 11.6 Å². The van der Waals surface area contributed by atoms with Gasteiger partial charge in [-0.05, 0) is 30.9 Å². The molecule has 3 N–H and O–H groups in total. The molecule has 0 radical (unpaired) electrons. The van der Waals surface area contributed by atoms with E-state index in [9.17, 15) is 8.78 Å². The summed E-state index contributed by atoms with van der Waals surface area (Å²) >= 11 is 1.52. The van der Waals surface area contributed by atoms with Crippen molar-refractivity contribution in [3.63, 3.8) is 0 Å². The van der Waals surface area contributed by atoms with Crippen molar-refractivity contribution >= 4 is 11.8 Å². The summed E-state index contributed by atoms with van der Waals surface area (Å²) in [6.45, 7) is 2.20. The van der Waals surface area contributed by atoms with Gasteiger partial charge >= 0.3 is 0 Å². The van der Waals surface area contributed by atoms with Gasteiger partial charge in [0.25, 0.3) is 0 Å². The lowest BCUT2D eigenvalue weighted by Crippen LogP contribution is -2.37. The minimum Gasteiger partial charge on any atom is -0.503 e. The van der Waals surface area contributed by atoms with Crippen LogP contribution in [0.3, 0.4) is 0 Å². The zero-order valence-corrected chi connectivity index (χ0v) is 11.1. The predicted octanol–water partition coefficient (Wildman–Crippen LogP) is 1.87. The van der Waals surface area contributed by atoms with Crippen LogP contribution < -0.4 is 5.32 Å². The van der Waals surface area contributed by atoms with Crippen molar-refractivity contribution < 1.29 is 19.0 Å². The third-order valence-corrected chi connectivity index (χ3v) is 3.91. The topological polar surface area (TPSA) is 52.5 Å². The van der Waals surface area contributed by atoms with Gasteiger partial charge in [0.05, 0.1) is 6.61 Å². The Morgan fingerprint density at radius 3 is 2.33 bits per heavy atom. The molecule has 0 aliphatic carbocycles. The molecule has 1 aromatic rings. The second-order valence-electron chi connectivity index (χ2n) is 4.03. The lowest BCUT2D eigenvalue weighted by atomic mass is 10.1. The first-order valence-corrected chi connectivity index (χ1v) is 6.82. The number of nitrogens with one attached hydrogen (secondary N) is 1. The molecule has 2 unspecified atom stereocenters.